The second kappa shape index (κ2) is 53.1. The first-order valence-corrected chi connectivity index (χ1v) is 37.7. The fraction of sp³-hybridized carbons (Fsp3) is 0.904. The Labute approximate surface area is 574 Å². The molecule has 562 valence electrons. The number of carbonyl (C=O) groups excluding carboxylic acids is 2. The molecule has 3 saturated heterocycles. The SMILES string of the molecule is CCCCCCCCCCC/C=C\C/C=C\CCCCCCCCCCCCCCCCCC(=O)NC(COC1OC(CO)C(OC2OC(CO)C(O)C(OC3(C(=O)O)CC(O)C(NC(C)=O)C(C(O)C(O)CO)O3)C2O)C(O)C1O)C(O)CCCCCCCCCCCCC. The van der Waals surface area contributed by atoms with Crippen LogP contribution in [0.1, 0.15) is 284 Å². The molecule has 14 N–H and O–H groups in total. The van der Waals surface area contributed by atoms with Crippen molar-refractivity contribution in [3.63, 3.8) is 0 Å². The molecule has 0 aliphatic carbocycles. The molecule has 3 fully saturated rings. The van der Waals surface area contributed by atoms with Crippen LogP contribution in [-0.2, 0) is 42.8 Å². The number of ether oxygens (including phenoxy) is 6. The molecule has 0 spiro atoms. The van der Waals surface area contributed by atoms with Gasteiger partial charge in [0.2, 0.25) is 11.8 Å². The minimum absolute atomic E-state index is 0.224. The summed E-state index contributed by atoms with van der Waals surface area (Å²) in [5, 5.41) is 136. The molecule has 0 aromatic rings. The highest BCUT2D eigenvalue weighted by atomic mass is 16.8. The summed E-state index contributed by atoms with van der Waals surface area (Å²) in [6.45, 7) is 2.20. The summed E-state index contributed by atoms with van der Waals surface area (Å²) >= 11 is 0. The van der Waals surface area contributed by atoms with Gasteiger partial charge >= 0.3 is 5.97 Å². The van der Waals surface area contributed by atoms with Crippen LogP contribution in [0.2, 0.25) is 0 Å². The first-order valence-electron chi connectivity index (χ1n) is 37.7. The summed E-state index contributed by atoms with van der Waals surface area (Å²) in [5.74, 6) is -6.10. The summed E-state index contributed by atoms with van der Waals surface area (Å²) in [4.78, 5) is 38.6. The number of aliphatic hydroxyl groups is 11. The highest BCUT2D eigenvalue weighted by molar-refractivity contribution is 5.77. The summed E-state index contributed by atoms with van der Waals surface area (Å²) in [6.07, 6.45) is 26.4. The zero-order valence-electron chi connectivity index (χ0n) is 59.0. The van der Waals surface area contributed by atoms with Gasteiger partial charge in [0.25, 0.3) is 5.79 Å². The van der Waals surface area contributed by atoms with Gasteiger partial charge in [-0.15, -0.1) is 0 Å². The first kappa shape index (κ1) is 87.4. The average Bonchev–Trinajstić information content (AvgIpc) is 0.758. The van der Waals surface area contributed by atoms with Crippen LogP contribution in [0.5, 0.6) is 0 Å². The molecule has 0 aromatic carbocycles. The number of allylic oxidation sites excluding steroid dienone is 4. The Bertz CT molecular complexity index is 2030. The zero-order valence-corrected chi connectivity index (χ0v) is 59.0. The van der Waals surface area contributed by atoms with Crippen molar-refractivity contribution in [2.24, 2.45) is 0 Å². The maximum atomic E-state index is 13.5. The lowest BCUT2D eigenvalue weighted by Gasteiger charge is -2.50. The number of aliphatic hydroxyl groups excluding tert-OH is 11. The van der Waals surface area contributed by atoms with Crippen molar-refractivity contribution in [1.29, 1.82) is 0 Å². The van der Waals surface area contributed by atoms with Crippen molar-refractivity contribution in [2.45, 2.75) is 394 Å². The molecule has 0 aromatic heterocycles. The van der Waals surface area contributed by atoms with E-state index in [4.69, 9.17) is 28.4 Å². The predicted octanol–water partition coefficient (Wildman–Crippen LogP) is 8.40. The molecule has 0 radical (unpaired) electrons. The molecule has 3 rings (SSSR count). The van der Waals surface area contributed by atoms with E-state index in [0.717, 1.165) is 64.7 Å². The maximum Gasteiger partial charge on any atom is 0.364 e. The van der Waals surface area contributed by atoms with Gasteiger partial charge in [0.15, 0.2) is 12.6 Å². The normalized spacial score (nSPS) is 27.7. The fourth-order valence-electron chi connectivity index (χ4n) is 13.2. The standard InChI is InChI=1S/C73H134N2O21/c1-4-6-8-10-12-14-16-17-18-19-20-21-22-23-24-25-26-27-28-29-30-31-32-33-34-35-37-39-41-43-45-47-60(83)75-54(55(80)46-44-42-40-38-36-15-13-11-9-7-5-2)52-91-70-65(87)64(86)67(59(51-78)93-70)94-71-66(88)69(63(85)58(50-77)92-71)96-73(72(89)90)48-56(81)61(74-53(3)79)68(95-73)62(84)57(82)49-76/h20-21,23-24,54-59,61-71,76-78,80-82,84-88H,4-19,22,25-52H2,1-3H3,(H,74,79)(H,75,83)(H,89,90)/b21-20-,24-23-. The number of unbranched alkanes of at least 4 members (excludes halogenated alkanes) is 34. The Kier molecular flexibility index (Phi) is 48.3. The van der Waals surface area contributed by atoms with Crippen molar-refractivity contribution in [2.75, 3.05) is 26.4 Å². The smallest absolute Gasteiger partial charge is 0.364 e. The Morgan fingerprint density at radius 1 is 0.542 bits per heavy atom. The monoisotopic (exact) mass is 1370 g/mol. The Balaban J connectivity index is 1.46. The molecule has 2 amide bonds. The van der Waals surface area contributed by atoms with Crippen molar-refractivity contribution in [1.82, 2.24) is 10.6 Å². The van der Waals surface area contributed by atoms with Gasteiger partial charge in [0.1, 0.15) is 67.1 Å². The van der Waals surface area contributed by atoms with Gasteiger partial charge in [-0.05, 0) is 44.9 Å². The van der Waals surface area contributed by atoms with Crippen LogP contribution in [0.25, 0.3) is 0 Å². The Hall–Kier alpha value is -2.79. The fourth-order valence-corrected chi connectivity index (χ4v) is 13.2. The van der Waals surface area contributed by atoms with Crippen molar-refractivity contribution in [3.8, 4) is 0 Å². The van der Waals surface area contributed by atoms with Crippen LogP contribution < -0.4 is 10.6 Å². The Morgan fingerprint density at radius 2 is 1.00 bits per heavy atom. The van der Waals surface area contributed by atoms with Crippen LogP contribution in [0.3, 0.4) is 0 Å². The van der Waals surface area contributed by atoms with Gasteiger partial charge in [-0.1, -0.05) is 244 Å². The summed E-state index contributed by atoms with van der Waals surface area (Å²) in [7, 11) is 0. The number of carbonyl (C=O) groups is 3. The van der Waals surface area contributed by atoms with Gasteiger partial charge in [-0.3, -0.25) is 9.59 Å². The Morgan fingerprint density at radius 3 is 1.46 bits per heavy atom. The largest absolute Gasteiger partial charge is 0.477 e. The number of amides is 2. The van der Waals surface area contributed by atoms with E-state index in [2.05, 4.69) is 48.8 Å². The first-order chi connectivity index (χ1) is 46.4. The van der Waals surface area contributed by atoms with Gasteiger partial charge < -0.3 is 100 Å². The van der Waals surface area contributed by atoms with Crippen LogP contribution in [-0.4, -0.2) is 215 Å². The maximum absolute atomic E-state index is 13.5. The number of nitrogens with one attached hydrogen (secondary N) is 2. The van der Waals surface area contributed by atoms with Gasteiger partial charge in [-0.25, -0.2) is 4.79 Å². The van der Waals surface area contributed by atoms with Gasteiger partial charge in [0.05, 0.1) is 50.7 Å². The topological polar surface area (TPSA) is 373 Å². The van der Waals surface area contributed by atoms with Crippen molar-refractivity contribution >= 4 is 17.8 Å². The molecule has 96 heavy (non-hydrogen) atoms. The van der Waals surface area contributed by atoms with Crippen LogP contribution in [0.4, 0.5) is 0 Å². The van der Waals surface area contributed by atoms with Gasteiger partial charge in [0, 0.05) is 19.8 Å². The minimum atomic E-state index is -3.08. The molecule has 0 bridgehead atoms. The van der Waals surface area contributed by atoms with Gasteiger partial charge in [-0.2, -0.15) is 0 Å². The van der Waals surface area contributed by atoms with E-state index in [9.17, 15) is 75.7 Å². The minimum Gasteiger partial charge on any atom is -0.477 e. The molecule has 3 heterocycles. The number of carboxylic acid groups (broad SMARTS) is 1. The lowest BCUT2D eigenvalue weighted by atomic mass is 9.88. The van der Waals surface area contributed by atoms with Crippen LogP contribution in [0.15, 0.2) is 24.3 Å². The molecule has 3 aliphatic heterocycles. The third-order valence-corrected chi connectivity index (χ3v) is 19.2. The highest BCUT2D eigenvalue weighted by Gasteiger charge is 2.60. The number of rotatable bonds is 58. The molecule has 0 saturated carbocycles. The third kappa shape index (κ3) is 34.3. The highest BCUT2D eigenvalue weighted by Crippen LogP contribution is 2.39. The van der Waals surface area contributed by atoms with E-state index in [1.165, 1.54) is 173 Å². The molecular formula is C73H134N2O21. The number of carboxylic acids is 1. The second-order valence-electron chi connectivity index (χ2n) is 27.5. The quantitative estimate of drug-likeness (QED) is 0.0201. The number of hydrogen-bond donors (Lipinski definition) is 14. The molecule has 18 unspecified atom stereocenters. The average molecular weight is 1380 g/mol. The third-order valence-electron chi connectivity index (χ3n) is 19.2. The lowest BCUT2D eigenvalue weighted by molar-refractivity contribution is -0.386. The number of aliphatic carboxylic acids is 1. The predicted molar refractivity (Wildman–Crippen MR) is 366 cm³/mol. The summed E-state index contributed by atoms with van der Waals surface area (Å²) in [6, 6.07) is -2.53. The summed E-state index contributed by atoms with van der Waals surface area (Å²) in [5.41, 5.74) is 0. The zero-order chi connectivity index (χ0) is 70.4. The molecule has 3 aliphatic rings. The van der Waals surface area contributed by atoms with E-state index in [1.54, 1.807) is 0 Å². The molecule has 18 atom stereocenters. The van der Waals surface area contributed by atoms with E-state index in [1.807, 2.05) is 0 Å². The molecular weight excluding hydrogens is 1240 g/mol. The van der Waals surface area contributed by atoms with E-state index in [0.29, 0.717) is 19.3 Å². The van der Waals surface area contributed by atoms with Crippen molar-refractivity contribution in [3.05, 3.63) is 24.3 Å². The van der Waals surface area contributed by atoms with E-state index < -0.39 is 148 Å². The van der Waals surface area contributed by atoms with Crippen LogP contribution >= 0.6 is 0 Å². The molecule has 23 nitrogen and oxygen atoms in total. The van der Waals surface area contributed by atoms with E-state index in [-0.39, 0.29) is 18.9 Å². The van der Waals surface area contributed by atoms with E-state index >= 15 is 0 Å². The summed E-state index contributed by atoms with van der Waals surface area (Å²) < 4.78 is 34.8. The molecule has 23 heteroatoms. The van der Waals surface area contributed by atoms with Crippen LogP contribution in [0, 0.1) is 0 Å². The van der Waals surface area contributed by atoms with Crippen molar-refractivity contribution < 1.29 is 104 Å². The number of hydrogen-bond acceptors (Lipinski definition) is 20. The second-order valence-corrected chi connectivity index (χ2v) is 27.5. The lowest BCUT2D eigenvalue weighted by Crippen LogP contribution is -2.70.